The summed E-state index contributed by atoms with van der Waals surface area (Å²) in [4.78, 5) is 14.8. The molecule has 1 aliphatic rings. The molecule has 1 atom stereocenters. The van der Waals surface area contributed by atoms with Crippen LogP contribution in [-0.4, -0.2) is 37.0 Å². The molecule has 0 bridgehead atoms. The lowest BCUT2D eigenvalue weighted by atomic mass is 9.80. The number of nitrogens with two attached hydrogens (primary N) is 1. The molecule has 0 aromatic heterocycles. The molecule has 0 saturated carbocycles. The number of halogens is 1. The molecule has 1 heterocycles. The first kappa shape index (κ1) is 17.3. The molecule has 1 aromatic carbocycles. The monoisotopic (exact) mass is 324 g/mol. The van der Waals surface area contributed by atoms with E-state index in [1.54, 1.807) is 0 Å². The molecule has 0 aliphatic carbocycles. The average Bonchev–Trinajstić information content (AvgIpc) is 2.57. The van der Waals surface area contributed by atoms with E-state index in [2.05, 4.69) is 0 Å². The van der Waals surface area contributed by atoms with Gasteiger partial charge in [0.2, 0.25) is 5.91 Å². The van der Waals surface area contributed by atoms with Gasteiger partial charge < -0.3 is 15.4 Å². The maximum atomic E-state index is 12.9. The third-order valence-electron chi connectivity index (χ3n) is 4.79. The van der Waals surface area contributed by atoms with Crippen molar-refractivity contribution < 1.29 is 9.53 Å². The summed E-state index contributed by atoms with van der Waals surface area (Å²) in [6.07, 6.45) is 1.43. The summed E-state index contributed by atoms with van der Waals surface area (Å²) in [5, 5.41) is 0.701. The minimum Gasteiger partial charge on any atom is -0.370 e. The van der Waals surface area contributed by atoms with E-state index in [0.717, 1.165) is 18.4 Å². The van der Waals surface area contributed by atoms with Gasteiger partial charge in [0.05, 0.1) is 18.6 Å². The van der Waals surface area contributed by atoms with Crippen LogP contribution in [0.4, 0.5) is 0 Å². The summed E-state index contributed by atoms with van der Waals surface area (Å²) >= 11 is 5.93. The molecule has 2 N–H and O–H groups in total. The highest BCUT2D eigenvalue weighted by Crippen LogP contribution is 2.31. The lowest BCUT2D eigenvalue weighted by Gasteiger charge is -2.39. The fourth-order valence-corrected chi connectivity index (χ4v) is 3.10. The molecule has 0 radical (unpaired) electrons. The van der Waals surface area contributed by atoms with Gasteiger partial charge in [0.15, 0.2) is 0 Å². The number of hydrogen-bond donors (Lipinski definition) is 1. The standard InChI is InChI=1S/C17H25ClN2O2/c1-3-17(4-2,12-19)16(21)20-9-10-22-15(11-20)13-5-7-14(18)8-6-13/h5-8,15H,3-4,9-12,19H2,1-2H3. The van der Waals surface area contributed by atoms with Crippen LogP contribution in [0.15, 0.2) is 24.3 Å². The Kier molecular flexibility index (Phi) is 5.84. The second-order valence-electron chi connectivity index (χ2n) is 5.85. The van der Waals surface area contributed by atoms with E-state index in [1.807, 2.05) is 43.0 Å². The molecule has 2 rings (SSSR count). The van der Waals surface area contributed by atoms with Crippen molar-refractivity contribution in [3.05, 3.63) is 34.9 Å². The fourth-order valence-electron chi connectivity index (χ4n) is 2.98. The van der Waals surface area contributed by atoms with Gasteiger partial charge in [-0.05, 0) is 30.5 Å². The summed E-state index contributed by atoms with van der Waals surface area (Å²) in [7, 11) is 0. The van der Waals surface area contributed by atoms with Crippen molar-refractivity contribution in [3.8, 4) is 0 Å². The third-order valence-corrected chi connectivity index (χ3v) is 5.05. The molecule has 1 fully saturated rings. The molecule has 1 aromatic rings. The van der Waals surface area contributed by atoms with Gasteiger partial charge in [0, 0.05) is 18.1 Å². The number of benzene rings is 1. The Hall–Kier alpha value is -1.10. The molecule has 5 heteroatoms. The summed E-state index contributed by atoms with van der Waals surface area (Å²) in [6, 6.07) is 7.61. The van der Waals surface area contributed by atoms with E-state index in [1.165, 1.54) is 0 Å². The van der Waals surface area contributed by atoms with E-state index in [0.29, 0.717) is 31.3 Å². The van der Waals surface area contributed by atoms with Gasteiger partial charge in [-0.1, -0.05) is 37.6 Å². The van der Waals surface area contributed by atoms with E-state index in [9.17, 15) is 4.79 Å². The molecule has 0 spiro atoms. The van der Waals surface area contributed by atoms with Gasteiger partial charge in [0.25, 0.3) is 0 Å². The summed E-state index contributed by atoms with van der Waals surface area (Å²) < 4.78 is 5.83. The first-order valence-corrected chi connectivity index (χ1v) is 8.30. The number of nitrogens with zero attached hydrogens (tertiary/aromatic N) is 1. The Balaban J connectivity index is 2.13. The Bertz CT molecular complexity index is 492. The molecule has 4 nitrogen and oxygen atoms in total. The molecule has 1 saturated heterocycles. The number of hydrogen-bond acceptors (Lipinski definition) is 3. The number of ether oxygens (including phenoxy) is 1. The van der Waals surface area contributed by atoms with Crippen LogP contribution in [0.2, 0.25) is 5.02 Å². The molecule has 1 amide bonds. The van der Waals surface area contributed by atoms with Gasteiger partial charge in [-0.2, -0.15) is 0 Å². The highest BCUT2D eigenvalue weighted by molar-refractivity contribution is 6.30. The van der Waals surface area contributed by atoms with Crippen LogP contribution in [-0.2, 0) is 9.53 Å². The number of carbonyl (C=O) groups excluding carboxylic acids is 1. The normalized spacial score (nSPS) is 19.3. The van der Waals surface area contributed by atoms with E-state index >= 15 is 0 Å². The Labute approximate surface area is 137 Å². The van der Waals surface area contributed by atoms with Crippen molar-refractivity contribution in [2.45, 2.75) is 32.8 Å². The Morgan fingerprint density at radius 1 is 1.36 bits per heavy atom. The lowest BCUT2D eigenvalue weighted by molar-refractivity contribution is -0.150. The third kappa shape index (κ3) is 3.45. The molecule has 122 valence electrons. The fraction of sp³-hybridized carbons (Fsp3) is 0.588. The summed E-state index contributed by atoms with van der Waals surface area (Å²) in [6.45, 7) is 6.21. The van der Waals surface area contributed by atoms with Crippen molar-refractivity contribution >= 4 is 17.5 Å². The minimum absolute atomic E-state index is 0.0980. The molecule has 22 heavy (non-hydrogen) atoms. The minimum atomic E-state index is -0.443. The first-order valence-electron chi connectivity index (χ1n) is 7.92. The van der Waals surface area contributed by atoms with E-state index < -0.39 is 5.41 Å². The van der Waals surface area contributed by atoms with Crippen molar-refractivity contribution in [1.29, 1.82) is 0 Å². The van der Waals surface area contributed by atoms with Gasteiger partial charge in [-0.25, -0.2) is 0 Å². The topological polar surface area (TPSA) is 55.6 Å². The zero-order valence-corrected chi connectivity index (χ0v) is 14.1. The van der Waals surface area contributed by atoms with Gasteiger partial charge in [0.1, 0.15) is 6.10 Å². The SMILES string of the molecule is CCC(CC)(CN)C(=O)N1CCOC(c2ccc(Cl)cc2)C1. The van der Waals surface area contributed by atoms with Gasteiger partial charge in [-0.3, -0.25) is 4.79 Å². The molecule has 1 unspecified atom stereocenters. The average molecular weight is 325 g/mol. The quantitative estimate of drug-likeness (QED) is 0.905. The lowest BCUT2D eigenvalue weighted by Crippen LogP contribution is -2.51. The predicted molar refractivity (Wildman–Crippen MR) is 88.8 cm³/mol. The zero-order chi connectivity index (χ0) is 16.2. The van der Waals surface area contributed by atoms with Crippen LogP contribution in [0.3, 0.4) is 0 Å². The smallest absolute Gasteiger partial charge is 0.230 e. The van der Waals surface area contributed by atoms with E-state index in [4.69, 9.17) is 22.1 Å². The van der Waals surface area contributed by atoms with Crippen LogP contribution in [0.5, 0.6) is 0 Å². The number of amides is 1. The molecule has 1 aliphatic heterocycles. The van der Waals surface area contributed by atoms with Crippen LogP contribution in [0.1, 0.15) is 38.4 Å². The predicted octanol–water partition coefficient (Wildman–Crippen LogP) is 3.01. The van der Waals surface area contributed by atoms with Crippen molar-refractivity contribution in [2.75, 3.05) is 26.2 Å². The molecular weight excluding hydrogens is 300 g/mol. The summed E-state index contributed by atoms with van der Waals surface area (Å²) in [5.41, 5.74) is 6.51. The second kappa shape index (κ2) is 7.44. The van der Waals surface area contributed by atoms with Crippen LogP contribution in [0.25, 0.3) is 0 Å². The van der Waals surface area contributed by atoms with Gasteiger partial charge in [-0.15, -0.1) is 0 Å². The van der Waals surface area contributed by atoms with Crippen LogP contribution >= 0.6 is 11.6 Å². The first-order chi connectivity index (χ1) is 10.6. The largest absolute Gasteiger partial charge is 0.370 e. The van der Waals surface area contributed by atoms with Crippen molar-refractivity contribution in [3.63, 3.8) is 0 Å². The maximum Gasteiger partial charge on any atom is 0.230 e. The Morgan fingerprint density at radius 3 is 2.55 bits per heavy atom. The van der Waals surface area contributed by atoms with Crippen LogP contribution < -0.4 is 5.73 Å². The highest BCUT2D eigenvalue weighted by Gasteiger charge is 2.38. The van der Waals surface area contributed by atoms with E-state index in [-0.39, 0.29) is 12.0 Å². The van der Waals surface area contributed by atoms with Crippen molar-refractivity contribution in [2.24, 2.45) is 11.1 Å². The van der Waals surface area contributed by atoms with Crippen LogP contribution in [0, 0.1) is 5.41 Å². The number of morpholine rings is 1. The zero-order valence-electron chi connectivity index (χ0n) is 13.3. The maximum absolute atomic E-state index is 12.9. The van der Waals surface area contributed by atoms with Gasteiger partial charge >= 0.3 is 0 Å². The summed E-state index contributed by atoms with van der Waals surface area (Å²) in [5.74, 6) is 0.155. The second-order valence-corrected chi connectivity index (χ2v) is 6.29. The Morgan fingerprint density at radius 2 is 2.00 bits per heavy atom. The molecular formula is C17H25ClN2O2. The highest BCUT2D eigenvalue weighted by atomic mass is 35.5. The number of carbonyl (C=O) groups is 1. The van der Waals surface area contributed by atoms with Crippen molar-refractivity contribution in [1.82, 2.24) is 4.90 Å². The number of rotatable bonds is 5.